The highest BCUT2D eigenvalue weighted by Gasteiger charge is 2.25. The van der Waals surface area contributed by atoms with E-state index in [2.05, 4.69) is 16.5 Å². The van der Waals surface area contributed by atoms with E-state index in [0.717, 1.165) is 24.8 Å². The van der Waals surface area contributed by atoms with Crippen molar-refractivity contribution in [3.05, 3.63) is 33.0 Å². The quantitative estimate of drug-likeness (QED) is 0.944. The van der Waals surface area contributed by atoms with Crippen LogP contribution in [0.5, 0.6) is 0 Å². The number of fused-ring (bicyclic) bond motifs is 1. The Morgan fingerprint density at radius 2 is 2.33 bits per heavy atom. The maximum Gasteiger partial charge on any atom is 0.261 e. The van der Waals surface area contributed by atoms with Gasteiger partial charge in [0, 0.05) is 4.88 Å². The molecule has 108 valence electrons. The predicted molar refractivity (Wildman–Crippen MR) is 79.6 cm³/mol. The van der Waals surface area contributed by atoms with Crippen molar-refractivity contribution in [3.63, 3.8) is 0 Å². The Kier molecular flexibility index (Phi) is 3.52. The number of carbonyl (C=O) groups excluding carboxylic acids is 1. The van der Waals surface area contributed by atoms with Crippen molar-refractivity contribution in [2.45, 2.75) is 39.5 Å². The van der Waals surface area contributed by atoms with Gasteiger partial charge in [-0.25, -0.2) is 0 Å². The highest BCUT2D eigenvalue weighted by atomic mass is 32.1. The van der Waals surface area contributed by atoms with Crippen molar-refractivity contribution < 1.29 is 9.32 Å². The van der Waals surface area contributed by atoms with E-state index in [1.54, 1.807) is 6.92 Å². The molecule has 2 heterocycles. The Labute approximate surface area is 126 Å². The van der Waals surface area contributed by atoms with E-state index in [1.807, 2.05) is 6.92 Å². The minimum Gasteiger partial charge on any atom is -0.361 e. The molecule has 0 fully saturated rings. The monoisotopic (exact) mass is 301 g/mol. The first kappa shape index (κ1) is 13.8. The van der Waals surface area contributed by atoms with Gasteiger partial charge in [-0.15, -0.1) is 11.3 Å². The minimum absolute atomic E-state index is 0.248. The van der Waals surface area contributed by atoms with Gasteiger partial charge in [0.1, 0.15) is 22.4 Å². The molecule has 5 nitrogen and oxygen atoms in total. The van der Waals surface area contributed by atoms with Crippen molar-refractivity contribution in [2.24, 2.45) is 0 Å². The third-order valence-corrected chi connectivity index (χ3v) is 4.96. The lowest BCUT2D eigenvalue weighted by Gasteiger charge is -2.04. The number of nitrogens with zero attached hydrogens (tertiary/aromatic N) is 2. The van der Waals surface area contributed by atoms with Crippen LogP contribution in [0, 0.1) is 18.3 Å². The molecule has 6 heteroatoms. The smallest absolute Gasteiger partial charge is 0.261 e. The number of carbonyl (C=O) groups is 1. The number of aromatic nitrogens is 1. The molecular formula is C15H15N3O2S. The van der Waals surface area contributed by atoms with E-state index in [1.165, 1.54) is 16.2 Å². The highest BCUT2D eigenvalue weighted by molar-refractivity contribution is 7.16. The van der Waals surface area contributed by atoms with E-state index in [4.69, 9.17) is 4.52 Å². The number of amides is 1. The average molecular weight is 301 g/mol. The summed E-state index contributed by atoms with van der Waals surface area (Å²) in [6, 6.07) is 2.23. The summed E-state index contributed by atoms with van der Waals surface area (Å²) in [6.45, 7) is 3.65. The van der Waals surface area contributed by atoms with E-state index >= 15 is 0 Å². The normalized spacial score (nSPS) is 13.0. The van der Waals surface area contributed by atoms with Crippen LogP contribution >= 0.6 is 11.3 Å². The van der Waals surface area contributed by atoms with Crippen LogP contribution in [-0.2, 0) is 19.3 Å². The second-order valence-corrected chi connectivity index (χ2v) is 6.15. The summed E-state index contributed by atoms with van der Waals surface area (Å²) in [7, 11) is 0. The number of hydrogen-bond acceptors (Lipinski definition) is 5. The number of anilines is 1. The van der Waals surface area contributed by atoms with Gasteiger partial charge in [-0.2, -0.15) is 5.26 Å². The number of rotatable bonds is 3. The maximum absolute atomic E-state index is 12.5. The van der Waals surface area contributed by atoms with E-state index in [0.29, 0.717) is 34.0 Å². The van der Waals surface area contributed by atoms with Gasteiger partial charge in [0.05, 0.1) is 11.3 Å². The fraction of sp³-hybridized carbons (Fsp3) is 0.400. The Balaban J connectivity index is 1.92. The van der Waals surface area contributed by atoms with Crippen LogP contribution < -0.4 is 5.32 Å². The van der Waals surface area contributed by atoms with E-state index in [-0.39, 0.29) is 5.91 Å². The summed E-state index contributed by atoms with van der Waals surface area (Å²) in [5, 5.41) is 16.8. The molecule has 1 N–H and O–H groups in total. The summed E-state index contributed by atoms with van der Waals surface area (Å²) in [5.74, 6) is 0.258. The molecular weight excluding hydrogens is 286 g/mol. The van der Waals surface area contributed by atoms with Crippen molar-refractivity contribution in [3.8, 4) is 6.07 Å². The zero-order chi connectivity index (χ0) is 15.0. The van der Waals surface area contributed by atoms with E-state index in [9.17, 15) is 10.1 Å². The van der Waals surface area contributed by atoms with Crippen LogP contribution in [0.3, 0.4) is 0 Å². The fourth-order valence-electron chi connectivity index (χ4n) is 2.73. The minimum atomic E-state index is -0.248. The average Bonchev–Trinajstić information content (AvgIpc) is 3.12. The van der Waals surface area contributed by atoms with Crippen molar-refractivity contribution >= 4 is 22.2 Å². The van der Waals surface area contributed by atoms with Gasteiger partial charge in [0.2, 0.25) is 0 Å². The maximum atomic E-state index is 12.5. The Morgan fingerprint density at radius 1 is 1.52 bits per heavy atom. The van der Waals surface area contributed by atoms with Crippen LogP contribution in [0.2, 0.25) is 0 Å². The van der Waals surface area contributed by atoms with Crippen molar-refractivity contribution in [1.82, 2.24) is 5.16 Å². The lowest BCUT2D eigenvalue weighted by atomic mass is 10.1. The van der Waals surface area contributed by atoms with Gasteiger partial charge < -0.3 is 9.84 Å². The van der Waals surface area contributed by atoms with Crippen molar-refractivity contribution in [2.75, 3.05) is 5.32 Å². The summed E-state index contributed by atoms with van der Waals surface area (Å²) < 4.78 is 5.09. The molecule has 2 aromatic rings. The van der Waals surface area contributed by atoms with Gasteiger partial charge in [0.15, 0.2) is 0 Å². The molecule has 0 unspecified atom stereocenters. The van der Waals surface area contributed by atoms with Crippen molar-refractivity contribution in [1.29, 1.82) is 5.26 Å². The number of aryl methyl sites for hydroxylation is 3. The van der Waals surface area contributed by atoms with Gasteiger partial charge in [-0.05, 0) is 38.2 Å². The zero-order valence-electron chi connectivity index (χ0n) is 11.9. The molecule has 0 spiro atoms. The van der Waals surface area contributed by atoms with Crippen LogP contribution in [0.25, 0.3) is 0 Å². The first-order valence-electron chi connectivity index (χ1n) is 6.96. The molecule has 0 bridgehead atoms. The fourth-order valence-corrected chi connectivity index (χ4v) is 3.96. The van der Waals surface area contributed by atoms with Gasteiger partial charge in [0.25, 0.3) is 5.91 Å². The molecule has 0 radical (unpaired) electrons. The molecule has 0 aromatic carbocycles. The topological polar surface area (TPSA) is 78.9 Å². The summed E-state index contributed by atoms with van der Waals surface area (Å²) >= 11 is 1.51. The van der Waals surface area contributed by atoms with Crippen LogP contribution in [0.4, 0.5) is 5.00 Å². The highest BCUT2D eigenvalue weighted by Crippen LogP contribution is 2.38. The number of nitrogens with one attached hydrogen (secondary N) is 1. The molecule has 3 rings (SSSR count). The first-order valence-corrected chi connectivity index (χ1v) is 7.78. The van der Waals surface area contributed by atoms with Gasteiger partial charge in [-0.1, -0.05) is 12.1 Å². The molecule has 0 atom stereocenters. The van der Waals surface area contributed by atoms with Crippen LogP contribution in [0.1, 0.15) is 51.2 Å². The molecule has 0 saturated carbocycles. The Bertz CT molecular complexity index is 752. The third-order valence-electron chi connectivity index (χ3n) is 3.76. The molecule has 21 heavy (non-hydrogen) atoms. The second kappa shape index (κ2) is 5.34. The second-order valence-electron chi connectivity index (χ2n) is 5.04. The summed E-state index contributed by atoms with van der Waals surface area (Å²) in [4.78, 5) is 13.7. The molecule has 0 saturated heterocycles. The number of thiophene rings is 1. The predicted octanol–water partition coefficient (Wildman–Crippen LogP) is 3.22. The lowest BCUT2D eigenvalue weighted by molar-refractivity contribution is 0.102. The molecule has 1 aliphatic rings. The van der Waals surface area contributed by atoms with E-state index < -0.39 is 0 Å². The SMILES string of the molecule is CCc1noc(C)c1C(=O)Nc1sc2c(c1C#N)CCC2. The standard InChI is InChI=1S/C15H15N3O2S/c1-3-11-13(8(2)20-18-11)14(19)17-15-10(7-16)9-5-4-6-12(9)21-15/h3-6H2,1-2H3,(H,17,19). The third kappa shape index (κ3) is 2.24. The molecule has 2 aromatic heterocycles. The molecule has 1 amide bonds. The Hall–Kier alpha value is -2.13. The first-order chi connectivity index (χ1) is 10.2. The van der Waals surface area contributed by atoms with Gasteiger partial charge >= 0.3 is 0 Å². The zero-order valence-corrected chi connectivity index (χ0v) is 12.8. The largest absolute Gasteiger partial charge is 0.361 e. The summed E-state index contributed by atoms with van der Waals surface area (Å²) in [6.07, 6.45) is 3.65. The molecule has 0 aliphatic heterocycles. The Morgan fingerprint density at radius 3 is 3.05 bits per heavy atom. The van der Waals surface area contributed by atoms with Crippen LogP contribution in [0.15, 0.2) is 4.52 Å². The van der Waals surface area contributed by atoms with Crippen LogP contribution in [-0.4, -0.2) is 11.1 Å². The van der Waals surface area contributed by atoms with Gasteiger partial charge in [-0.3, -0.25) is 4.79 Å². The number of hydrogen-bond donors (Lipinski definition) is 1. The molecule has 1 aliphatic carbocycles. The number of nitriles is 1. The lowest BCUT2D eigenvalue weighted by Crippen LogP contribution is -2.14. The summed E-state index contributed by atoms with van der Waals surface area (Å²) in [5.41, 5.74) is 2.85.